The Bertz CT molecular complexity index is 588. The van der Waals surface area contributed by atoms with Crippen LogP contribution in [-0.2, 0) is 0 Å². The molecule has 0 aromatic heterocycles. The summed E-state index contributed by atoms with van der Waals surface area (Å²) in [6, 6.07) is 12.0. The minimum atomic E-state index is -0.277. The van der Waals surface area contributed by atoms with Crippen molar-refractivity contribution in [2.24, 2.45) is 0 Å². The highest BCUT2D eigenvalue weighted by molar-refractivity contribution is 6.31. The summed E-state index contributed by atoms with van der Waals surface area (Å²) in [5.74, 6) is 0.369. The van der Waals surface area contributed by atoms with Crippen LogP contribution in [0.5, 0.6) is 5.75 Å². The van der Waals surface area contributed by atoms with E-state index >= 15 is 0 Å². The smallest absolute Gasteiger partial charge is 0.143 e. The summed E-state index contributed by atoms with van der Waals surface area (Å²) < 4.78 is 18.9. The molecule has 0 fully saturated rings. The summed E-state index contributed by atoms with van der Waals surface area (Å²) in [5, 5.41) is 3.83. The normalized spacial score (nSPS) is 17.6. The van der Waals surface area contributed by atoms with Crippen LogP contribution in [0.25, 0.3) is 0 Å². The highest BCUT2D eigenvalue weighted by Gasteiger charge is 2.22. The third-order valence-electron chi connectivity index (χ3n) is 2.94. The lowest BCUT2D eigenvalue weighted by molar-refractivity contribution is 0.210. The molecule has 2 aromatic rings. The summed E-state index contributed by atoms with van der Waals surface area (Å²) in [6.45, 7) is 0.570. The molecule has 0 spiro atoms. The van der Waals surface area contributed by atoms with E-state index in [1.807, 2.05) is 24.3 Å². The molecule has 1 heterocycles. The van der Waals surface area contributed by atoms with Gasteiger partial charge in [-0.15, -0.1) is 0 Å². The van der Waals surface area contributed by atoms with E-state index in [0.717, 1.165) is 5.56 Å². The first kappa shape index (κ1) is 11.4. The van der Waals surface area contributed by atoms with Gasteiger partial charge in [-0.05, 0) is 18.2 Å². The van der Waals surface area contributed by atoms with Crippen LogP contribution < -0.4 is 10.1 Å². The molecule has 1 aliphatic heterocycles. The summed E-state index contributed by atoms with van der Waals surface area (Å²) >= 11 is 6.14. The molecule has 0 saturated heterocycles. The predicted molar refractivity (Wildman–Crippen MR) is 69.7 cm³/mol. The summed E-state index contributed by atoms with van der Waals surface area (Å²) in [7, 11) is 0. The van der Waals surface area contributed by atoms with Gasteiger partial charge >= 0.3 is 0 Å². The van der Waals surface area contributed by atoms with E-state index in [1.165, 1.54) is 12.1 Å². The van der Waals surface area contributed by atoms with Gasteiger partial charge in [-0.2, -0.15) is 0 Å². The van der Waals surface area contributed by atoms with Gasteiger partial charge in [-0.25, -0.2) is 4.39 Å². The van der Waals surface area contributed by atoms with Crippen LogP contribution in [-0.4, -0.2) is 6.54 Å². The number of fused-ring (bicyclic) bond motifs is 1. The van der Waals surface area contributed by atoms with Crippen LogP contribution in [0.15, 0.2) is 42.5 Å². The highest BCUT2D eigenvalue weighted by Crippen LogP contribution is 2.36. The molecule has 4 heteroatoms. The number of hydrogen-bond donors (Lipinski definition) is 1. The average molecular weight is 264 g/mol. The van der Waals surface area contributed by atoms with Gasteiger partial charge in [0.1, 0.15) is 17.7 Å². The number of halogens is 2. The van der Waals surface area contributed by atoms with Gasteiger partial charge in [0.15, 0.2) is 0 Å². The molecule has 92 valence electrons. The molecule has 2 nitrogen and oxygen atoms in total. The first-order chi connectivity index (χ1) is 8.74. The average Bonchev–Trinajstić information content (AvgIpc) is 2.39. The van der Waals surface area contributed by atoms with Crippen LogP contribution in [0.4, 0.5) is 10.1 Å². The second-order valence-electron chi connectivity index (χ2n) is 4.15. The van der Waals surface area contributed by atoms with Crippen molar-refractivity contribution in [3.8, 4) is 5.75 Å². The van der Waals surface area contributed by atoms with E-state index in [1.54, 1.807) is 6.07 Å². The molecule has 0 saturated carbocycles. The molecule has 0 bridgehead atoms. The SMILES string of the molecule is Fc1ccc2c(c1)NCC(c1ccccc1Cl)O2. The van der Waals surface area contributed by atoms with E-state index in [9.17, 15) is 4.39 Å². The van der Waals surface area contributed by atoms with E-state index in [4.69, 9.17) is 16.3 Å². The Kier molecular flexibility index (Phi) is 2.84. The zero-order chi connectivity index (χ0) is 12.5. The van der Waals surface area contributed by atoms with Gasteiger partial charge in [-0.3, -0.25) is 0 Å². The number of ether oxygens (including phenoxy) is 1. The quantitative estimate of drug-likeness (QED) is 0.839. The van der Waals surface area contributed by atoms with Crippen LogP contribution in [0, 0.1) is 5.82 Å². The van der Waals surface area contributed by atoms with E-state index in [0.29, 0.717) is 23.0 Å². The Morgan fingerprint density at radius 3 is 2.89 bits per heavy atom. The van der Waals surface area contributed by atoms with Gasteiger partial charge in [0.05, 0.1) is 12.2 Å². The standard InChI is InChI=1S/C14H11ClFNO/c15-11-4-2-1-3-10(11)14-8-17-12-7-9(16)5-6-13(12)18-14/h1-7,14,17H,8H2. The highest BCUT2D eigenvalue weighted by atomic mass is 35.5. The molecule has 1 aliphatic rings. The predicted octanol–water partition coefficient (Wildman–Crippen LogP) is 4.02. The van der Waals surface area contributed by atoms with Gasteiger partial charge in [0.25, 0.3) is 0 Å². The maximum absolute atomic E-state index is 13.1. The third kappa shape index (κ3) is 2.02. The van der Waals surface area contributed by atoms with Gasteiger partial charge < -0.3 is 10.1 Å². The molecule has 0 radical (unpaired) electrons. The van der Waals surface area contributed by atoms with Crippen LogP contribution in [0.2, 0.25) is 5.02 Å². The van der Waals surface area contributed by atoms with E-state index in [2.05, 4.69) is 5.32 Å². The largest absolute Gasteiger partial charge is 0.482 e. The van der Waals surface area contributed by atoms with Crippen molar-refractivity contribution in [1.29, 1.82) is 0 Å². The number of nitrogens with one attached hydrogen (secondary N) is 1. The fourth-order valence-electron chi connectivity index (χ4n) is 2.05. The van der Waals surface area contributed by atoms with Crippen LogP contribution >= 0.6 is 11.6 Å². The second-order valence-corrected chi connectivity index (χ2v) is 4.56. The Morgan fingerprint density at radius 2 is 2.06 bits per heavy atom. The number of anilines is 1. The Balaban J connectivity index is 1.92. The molecule has 2 aromatic carbocycles. The number of benzene rings is 2. The first-order valence-corrected chi connectivity index (χ1v) is 6.06. The van der Waals surface area contributed by atoms with E-state index < -0.39 is 0 Å². The zero-order valence-corrected chi connectivity index (χ0v) is 10.2. The van der Waals surface area contributed by atoms with Crippen LogP contribution in [0.3, 0.4) is 0 Å². The Morgan fingerprint density at radius 1 is 1.22 bits per heavy atom. The second kappa shape index (κ2) is 4.50. The van der Waals surface area contributed by atoms with Crippen molar-refractivity contribution in [2.75, 3.05) is 11.9 Å². The Labute approximate surface area is 109 Å². The van der Waals surface area contributed by atoms with E-state index in [-0.39, 0.29) is 11.9 Å². The van der Waals surface area contributed by atoms with Crippen molar-refractivity contribution in [1.82, 2.24) is 0 Å². The van der Waals surface area contributed by atoms with Crippen molar-refractivity contribution >= 4 is 17.3 Å². The maximum atomic E-state index is 13.1. The summed E-state index contributed by atoms with van der Waals surface area (Å²) in [5.41, 5.74) is 1.61. The monoisotopic (exact) mass is 263 g/mol. The van der Waals surface area contributed by atoms with Gasteiger partial charge in [-0.1, -0.05) is 29.8 Å². The van der Waals surface area contributed by atoms with Gasteiger partial charge in [0, 0.05) is 16.7 Å². The fourth-order valence-corrected chi connectivity index (χ4v) is 2.31. The fraction of sp³-hybridized carbons (Fsp3) is 0.143. The lowest BCUT2D eigenvalue weighted by atomic mass is 10.1. The molecule has 1 unspecified atom stereocenters. The minimum Gasteiger partial charge on any atom is -0.482 e. The molecule has 3 rings (SSSR count). The summed E-state index contributed by atoms with van der Waals surface area (Å²) in [4.78, 5) is 0. The zero-order valence-electron chi connectivity index (χ0n) is 9.49. The number of rotatable bonds is 1. The third-order valence-corrected chi connectivity index (χ3v) is 3.29. The van der Waals surface area contributed by atoms with Crippen molar-refractivity contribution in [3.05, 3.63) is 58.9 Å². The topological polar surface area (TPSA) is 21.3 Å². The Hall–Kier alpha value is -1.74. The van der Waals surface area contributed by atoms with Crippen molar-refractivity contribution in [3.63, 3.8) is 0 Å². The molecular weight excluding hydrogens is 253 g/mol. The molecular formula is C14H11ClFNO. The lowest BCUT2D eigenvalue weighted by Gasteiger charge is -2.28. The van der Waals surface area contributed by atoms with Gasteiger partial charge in [0.2, 0.25) is 0 Å². The minimum absolute atomic E-state index is 0.156. The van der Waals surface area contributed by atoms with Crippen molar-refractivity contribution < 1.29 is 9.13 Å². The molecule has 1 atom stereocenters. The molecule has 0 aliphatic carbocycles. The first-order valence-electron chi connectivity index (χ1n) is 5.68. The molecule has 18 heavy (non-hydrogen) atoms. The van der Waals surface area contributed by atoms with Crippen molar-refractivity contribution in [2.45, 2.75) is 6.10 Å². The lowest BCUT2D eigenvalue weighted by Crippen LogP contribution is -2.23. The maximum Gasteiger partial charge on any atom is 0.143 e. The number of hydrogen-bond acceptors (Lipinski definition) is 2. The molecule has 1 N–H and O–H groups in total. The summed E-state index contributed by atoms with van der Waals surface area (Å²) in [6.07, 6.45) is -0.156. The van der Waals surface area contributed by atoms with Crippen LogP contribution in [0.1, 0.15) is 11.7 Å². The molecule has 0 amide bonds.